The largest absolute Gasteiger partial charge is 0.497 e. The molecule has 1 unspecified atom stereocenters. The molecular formula is C36H42N5O7PS. The minimum atomic E-state index is -3.13. The molecule has 50 heavy (non-hydrogen) atoms. The highest BCUT2D eigenvalue weighted by atomic mass is 32.5. The molecule has 2 aromatic heterocycles. The zero-order chi connectivity index (χ0) is 35.5. The first-order chi connectivity index (χ1) is 24.0. The van der Waals surface area contributed by atoms with E-state index in [1.54, 1.807) is 18.8 Å². The van der Waals surface area contributed by atoms with E-state index >= 15 is 0 Å². The summed E-state index contributed by atoms with van der Waals surface area (Å²) in [5, 5.41) is 3.18. The summed E-state index contributed by atoms with van der Waals surface area (Å²) in [6, 6.07) is 25.4. The maximum atomic E-state index is 12.9. The molecule has 1 aliphatic heterocycles. The van der Waals surface area contributed by atoms with Crippen LogP contribution in [-0.2, 0) is 31.4 Å². The summed E-state index contributed by atoms with van der Waals surface area (Å²) >= 11 is 5.35. The van der Waals surface area contributed by atoms with Crippen molar-refractivity contribution in [1.29, 1.82) is 0 Å². The number of methoxy groups -OCH3 is 2. The highest BCUT2D eigenvalue weighted by Crippen LogP contribution is 2.47. The summed E-state index contributed by atoms with van der Waals surface area (Å²) < 4.78 is 32.6. The quantitative estimate of drug-likeness (QED) is 0.0945. The number of ether oxygens (including phenoxy) is 4. The van der Waals surface area contributed by atoms with Gasteiger partial charge in [0.25, 0.3) is 5.56 Å². The van der Waals surface area contributed by atoms with Gasteiger partial charge in [-0.25, -0.2) is 4.98 Å². The van der Waals surface area contributed by atoms with E-state index in [1.807, 2.05) is 78.9 Å². The van der Waals surface area contributed by atoms with Crippen molar-refractivity contribution in [3.8, 4) is 11.5 Å². The van der Waals surface area contributed by atoms with Crippen LogP contribution in [0.1, 0.15) is 43.2 Å². The van der Waals surface area contributed by atoms with Gasteiger partial charge in [0.2, 0.25) is 5.95 Å². The number of H-pyrrole nitrogens is 1. The molecule has 6 rings (SSSR count). The fraction of sp³-hybridized carbons (Fsp3) is 0.361. The van der Waals surface area contributed by atoms with Crippen molar-refractivity contribution in [2.75, 3.05) is 39.4 Å². The Balaban J connectivity index is 1.39. The number of imidazole rings is 1. The summed E-state index contributed by atoms with van der Waals surface area (Å²) in [5.74, 6) is 2.10. The first-order valence-electron chi connectivity index (χ1n) is 16.3. The van der Waals surface area contributed by atoms with Crippen molar-refractivity contribution < 1.29 is 28.4 Å². The predicted molar refractivity (Wildman–Crippen MR) is 196 cm³/mol. The van der Waals surface area contributed by atoms with Crippen LogP contribution in [0.4, 0.5) is 5.95 Å². The van der Waals surface area contributed by atoms with E-state index in [2.05, 4.69) is 34.1 Å². The number of rotatable bonds is 14. The van der Waals surface area contributed by atoms with Gasteiger partial charge in [0.1, 0.15) is 29.4 Å². The molecule has 1 fully saturated rings. The Morgan fingerprint density at radius 1 is 1.02 bits per heavy atom. The average Bonchev–Trinajstić information content (AvgIpc) is 3.72. The molecule has 5 aromatic rings. The van der Waals surface area contributed by atoms with Gasteiger partial charge in [-0.2, -0.15) is 4.98 Å². The zero-order valence-corrected chi connectivity index (χ0v) is 30.3. The van der Waals surface area contributed by atoms with E-state index in [-0.39, 0.29) is 17.7 Å². The van der Waals surface area contributed by atoms with E-state index in [1.165, 1.54) is 13.0 Å². The second-order valence-corrected chi connectivity index (χ2v) is 16.5. The van der Waals surface area contributed by atoms with Crippen LogP contribution in [0.3, 0.4) is 0 Å². The number of fused-ring (bicyclic) bond motifs is 1. The summed E-state index contributed by atoms with van der Waals surface area (Å²) in [5.41, 5.74) is 1.67. The lowest BCUT2D eigenvalue weighted by molar-refractivity contribution is -0.0900. The number of hydrogen-bond donors (Lipinski definition) is 3. The summed E-state index contributed by atoms with van der Waals surface area (Å²) in [6.07, 6.45) is -0.112. The van der Waals surface area contributed by atoms with Crippen molar-refractivity contribution >= 4 is 35.4 Å². The van der Waals surface area contributed by atoms with E-state index in [0.717, 1.165) is 16.7 Å². The fourth-order valence-electron chi connectivity index (χ4n) is 6.19. The Bertz CT molecular complexity index is 1950. The lowest BCUT2D eigenvalue weighted by atomic mass is 9.80. The third-order valence-corrected chi connectivity index (χ3v) is 9.49. The first-order valence-corrected chi connectivity index (χ1v) is 19.5. The van der Waals surface area contributed by atoms with Gasteiger partial charge >= 0.3 is 0 Å². The monoisotopic (exact) mass is 719 g/mol. The first kappa shape index (κ1) is 35.7. The van der Waals surface area contributed by atoms with Gasteiger partial charge in [0.05, 0.1) is 33.3 Å². The van der Waals surface area contributed by atoms with Crippen LogP contribution in [0.25, 0.3) is 11.2 Å². The molecule has 3 aromatic carbocycles. The van der Waals surface area contributed by atoms with Crippen LogP contribution in [-0.4, -0.2) is 70.7 Å². The average molecular weight is 720 g/mol. The van der Waals surface area contributed by atoms with Crippen LogP contribution in [0.15, 0.2) is 90.0 Å². The van der Waals surface area contributed by atoms with Crippen molar-refractivity contribution in [1.82, 2.24) is 19.5 Å². The number of benzene rings is 3. The topological polar surface area (TPSA) is 142 Å². The number of aromatic nitrogens is 4. The molecule has 1 aliphatic rings. The van der Waals surface area contributed by atoms with Gasteiger partial charge in [0.15, 0.2) is 17.7 Å². The molecule has 14 heteroatoms. The lowest BCUT2D eigenvalue weighted by Crippen LogP contribution is -2.38. The third-order valence-electron chi connectivity index (χ3n) is 8.57. The Kier molecular flexibility index (Phi) is 10.7. The van der Waals surface area contributed by atoms with Crippen LogP contribution >= 0.6 is 6.49 Å². The Labute approximate surface area is 295 Å². The van der Waals surface area contributed by atoms with E-state index < -0.39 is 30.5 Å². The fourth-order valence-corrected chi connectivity index (χ4v) is 7.24. The Morgan fingerprint density at radius 3 is 2.18 bits per heavy atom. The van der Waals surface area contributed by atoms with Crippen molar-refractivity contribution in [2.24, 2.45) is 5.92 Å². The van der Waals surface area contributed by atoms with Crippen molar-refractivity contribution in [3.63, 3.8) is 0 Å². The van der Waals surface area contributed by atoms with Crippen LogP contribution in [0, 0.1) is 5.92 Å². The molecule has 264 valence electrons. The molecule has 12 nitrogen and oxygen atoms in total. The standard InChI is InChI=1S/C36H42N5O7PS/c1-23(2)20-37-35-39-33-32(34(42)40-35)38-22-41(33)31-19-29(48-49(5,43)50)30(47-31)21-46-36(24-9-7-6-8-10-24,25-11-15-27(44-3)16-12-25)26-13-17-28(45-4)18-14-26/h6-18,22-23,29-31H,19-21H2,1-5H3,(H,43,50)(H2,37,39,40,42)/t29-,30+,31+,49?/m0/s1. The molecule has 4 atom stereocenters. The molecule has 3 N–H and O–H groups in total. The van der Waals surface area contributed by atoms with E-state index in [9.17, 15) is 9.69 Å². The molecule has 0 radical (unpaired) electrons. The van der Waals surface area contributed by atoms with Crippen LogP contribution in [0.2, 0.25) is 0 Å². The van der Waals surface area contributed by atoms with Gasteiger partial charge in [0, 0.05) is 19.6 Å². The normalized spacial score (nSPS) is 19.1. The lowest BCUT2D eigenvalue weighted by Gasteiger charge is -2.37. The molecule has 1 saturated heterocycles. The van der Waals surface area contributed by atoms with E-state index in [0.29, 0.717) is 42.0 Å². The minimum Gasteiger partial charge on any atom is -0.497 e. The highest BCUT2D eigenvalue weighted by Gasteiger charge is 2.44. The SMILES string of the molecule is COc1ccc(C(OC[C@H]2O[C@@H](n3cnc4c(=O)[nH]c(NCC(C)C)nc43)C[C@@H]2OP(C)(O)=S)(c2ccccc2)c2ccc(OC)cc2)cc1. The summed E-state index contributed by atoms with van der Waals surface area (Å²) in [7, 11) is 3.25. The van der Waals surface area contributed by atoms with Gasteiger partial charge in [-0.1, -0.05) is 68.4 Å². The molecule has 0 saturated carbocycles. The van der Waals surface area contributed by atoms with Crippen LogP contribution in [0.5, 0.6) is 11.5 Å². The Morgan fingerprint density at radius 2 is 1.62 bits per heavy atom. The minimum absolute atomic E-state index is 0.0469. The second-order valence-electron chi connectivity index (χ2n) is 12.6. The number of aromatic amines is 1. The molecule has 0 bridgehead atoms. The maximum absolute atomic E-state index is 12.9. The maximum Gasteiger partial charge on any atom is 0.280 e. The van der Waals surface area contributed by atoms with Gasteiger partial charge in [-0.3, -0.25) is 14.3 Å². The van der Waals surface area contributed by atoms with E-state index in [4.69, 9.17) is 35.3 Å². The second kappa shape index (κ2) is 15.0. The van der Waals surface area contributed by atoms with Gasteiger partial charge < -0.3 is 33.7 Å². The number of nitrogens with one attached hydrogen (secondary N) is 2. The molecule has 3 heterocycles. The summed E-state index contributed by atoms with van der Waals surface area (Å²) in [4.78, 5) is 35.4. The third kappa shape index (κ3) is 7.63. The molecule has 0 spiro atoms. The van der Waals surface area contributed by atoms with Crippen LogP contribution < -0.4 is 20.3 Å². The smallest absolute Gasteiger partial charge is 0.280 e. The molecular weight excluding hydrogens is 677 g/mol. The number of anilines is 1. The summed E-state index contributed by atoms with van der Waals surface area (Å²) in [6.45, 7) is 3.18. The zero-order valence-electron chi connectivity index (χ0n) is 28.6. The number of hydrogen-bond acceptors (Lipinski definition) is 10. The van der Waals surface area contributed by atoms with Gasteiger partial charge in [-0.05, 0) is 58.7 Å². The molecule has 0 amide bonds. The predicted octanol–water partition coefficient (Wildman–Crippen LogP) is 5.82. The Hall–Kier alpha value is -4.10. The number of nitrogens with zero attached hydrogens (tertiary/aromatic N) is 3. The van der Waals surface area contributed by atoms with Gasteiger partial charge in [-0.15, -0.1) is 0 Å². The van der Waals surface area contributed by atoms with Crippen molar-refractivity contribution in [3.05, 3.63) is 112 Å². The molecule has 0 aliphatic carbocycles. The highest BCUT2D eigenvalue weighted by molar-refractivity contribution is 8.09. The van der Waals surface area contributed by atoms with Crippen molar-refractivity contribution in [2.45, 2.75) is 44.3 Å².